The Bertz CT molecular complexity index is 731. The number of halogens is 6. The number of amides is 1. The zero-order chi connectivity index (χ0) is 20.0. The van der Waals surface area contributed by atoms with Crippen LogP contribution < -0.4 is 10.2 Å². The highest BCUT2D eigenvalue weighted by molar-refractivity contribution is 5.82. The van der Waals surface area contributed by atoms with Gasteiger partial charge in [0, 0.05) is 44.5 Å². The van der Waals surface area contributed by atoms with Crippen LogP contribution in [0, 0.1) is 0 Å². The summed E-state index contributed by atoms with van der Waals surface area (Å²) in [5, 5.41) is 3.21. The Morgan fingerprint density at radius 2 is 1.81 bits per heavy atom. The molecule has 1 atom stereocenters. The SMILES string of the molecule is C[C@@H]1CN(c2ccc(C(F)(F)F)c3c2CN(C(=O)C(F)(F)F)CC3)CCN1. The highest BCUT2D eigenvalue weighted by atomic mass is 19.4. The van der Waals surface area contributed by atoms with Gasteiger partial charge in [-0.1, -0.05) is 0 Å². The molecule has 27 heavy (non-hydrogen) atoms. The first-order valence-electron chi connectivity index (χ1n) is 8.55. The maximum Gasteiger partial charge on any atom is 0.471 e. The number of nitrogens with zero attached hydrogens (tertiary/aromatic N) is 2. The summed E-state index contributed by atoms with van der Waals surface area (Å²) in [5.74, 6) is -2.02. The lowest BCUT2D eigenvalue weighted by Crippen LogP contribution is -2.50. The fourth-order valence-electron chi connectivity index (χ4n) is 3.72. The van der Waals surface area contributed by atoms with Gasteiger partial charge in [-0.25, -0.2) is 0 Å². The highest BCUT2D eigenvalue weighted by Gasteiger charge is 2.45. The Kier molecular flexibility index (Phi) is 5.04. The minimum atomic E-state index is -5.05. The van der Waals surface area contributed by atoms with E-state index in [1.807, 2.05) is 11.8 Å². The molecule has 0 radical (unpaired) electrons. The van der Waals surface area contributed by atoms with Gasteiger partial charge in [0.15, 0.2) is 0 Å². The normalized spacial score (nSPS) is 21.2. The number of benzene rings is 1. The Balaban J connectivity index is 2.03. The fraction of sp³-hybridized carbons (Fsp3) is 0.588. The quantitative estimate of drug-likeness (QED) is 0.743. The Morgan fingerprint density at radius 3 is 2.41 bits per heavy atom. The molecule has 0 spiro atoms. The van der Waals surface area contributed by atoms with Crippen LogP contribution in [0.2, 0.25) is 0 Å². The number of hydrogen-bond acceptors (Lipinski definition) is 3. The third-order valence-electron chi connectivity index (χ3n) is 4.93. The summed E-state index contributed by atoms with van der Waals surface area (Å²) >= 11 is 0. The molecule has 0 bridgehead atoms. The van der Waals surface area contributed by atoms with E-state index < -0.39 is 36.9 Å². The third kappa shape index (κ3) is 3.99. The summed E-state index contributed by atoms with van der Waals surface area (Å²) < 4.78 is 78.5. The molecule has 2 aliphatic heterocycles. The van der Waals surface area contributed by atoms with Gasteiger partial charge in [-0.15, -0.1) is 0 Å². The Hall–Kier alpha value is -1.97. The van der Waals surface area contributed by atoms with Crippen molar-refractivity contribution in [3.8, 4) is 0 Å². The maximum absolute atomic E-state index is 13.4. The second-order valence-corrected chi connectivity index (χ2v) is 6.86. The molecule has 1 saturated heterocycles. The zero-order valence-electron chi connectivity index (χ0n) is 14.5. The number of carbonyl (C=O) groups excluding carboxylic acids is 1. The lowest BCUT2D eigenvalue weighted by atomic mass is 9.91. The fourth-order valence-corrected chi connectivity index (χ4v) is 3.72. The molecule has 3 rings (SSSR count). The van der Waals surface area contributed by atoms with E-state index in [9.17, 15) is 31.1 Å². The average Bonchev–Trinajstić information content (AvgIpc) is 2.58. The van der Waals surface area contributed by atoms with Crippen molar-refractivity contribution in [3.05, 3.63) is 28.8 Å². The molecule has 0 saturated carbocycles. The molecule has 10 heteroatoms. The molecule has 0 unspecified atom stereocenters. The standard InChI is InChI=1S/C17H19F6N3O/c1-10-8-25(7-5-24-10)14-3-2-13(16(18,19)20)11-4-6-26(9-12(11)14)15(27)17(21,22)23/h2-3,10,24H,4-9H2,1H3/t10-/m1/s1. The van der Waals surface area contributed by atoms with Gasteiger partial charge in [-0.3, -0.25) is 4.79 Å². The topological polar surface area (TPSA) is 35.6 Å². The first kappa shape index (κ1) is 19.8. The monoisotopic (exact) mass is 395 g/mol. The van der Waals surface area contributed by atoms with E-state index in [4.69, 9.17) is 0 Å². The number of nitrogens with one attached hydrogen (secondary N) is 1. The van der Waals surface area contributed by atoms with E-state index in [-0.39, 0.29) is 23.6 Å². The van der Waals surface area contributed by atoms with E-state index >= 15 is 0 Å². The van der Waals surface area contributed by atoms with Gasteiger partial charge in [-0.2, -0.15) is 26.3 Å². The van der Waals surface area contributed by atoms with Crippen LogP contribution in [0.3, 0.4) is 0 Å². The van der Waals surface area contributed by atoms with Crippen molar-refractivity contribution in [2.45, 2.75) is 38.3 Å². The van der Waals surface area contributed by atoms with E-state index in [0.717, 1.165) is 6.07 Å². The predicted octanol–water partition coefficient (Wildman–Crippen LogP) is 2.95. The number of piperazine rings is 1. The van der Waals surface area contributed by atoms with Gasteiger partial charge < -0.3 is 15.1 Å². The molecule has 2 heterocycles. The van der Waals surface area contributed by atoms with Crippen LogP contribution in [0.4, 0.5) is 32.0 Å². The van der Waals surface area contributed by atoms with Gasteiger partial charge >= 0.3 is 18.3 Å². The van der Waals surface area contributed by atoms with Crippen molar-refractivity contribution in [2.24, 2.45) is 0 Å². The molecular formula is C17H19F6N3O. The average molecular weight is 395 g/mol. The lowest BCUT2D eigenvalue weighted by molar-refractivity contribution is -0.186. The van der Waals surface area contributed by atoms with Crippen molar-refractivity contribution >= 4 is 11.6 Å². The van der Waals surface area contributed by atoms with Crippen molar-refractivity contribution in [3.63, 3.8) is 0 Å². The third-order valence-corrected chi connectivity index (χ3v) is 4.93. The number of rotatable bonds is 1. The van der Waals surface area contributed by atoms with Crippen molar-refractivity contribution in [1.82, 2.24) is 10.2 Å². The number of hydrogen-bond donors (Lipinski definition) is 1. The number of alkyl halides is 6. The largest absolute Gasteiger partial charge is 0.471 e. The van der Waals surface area contributed by atoms with Crippen LogP contribution in [0.1, 0.15) is 23.6 Å². The molecular weight excluding hydrogens is 376 g/mol. The molecule has 1 amide bonds. The van der Waals surface area contributed by atoms with Gasteiger partial charge in [0.25, 0.3) is 0 Å². The van der Waals surface area contributed by atoms with Crippen LogP contribution in [-0.4, -0.2) is 49.2 Å². The van der Waals surface area contributed by atoms with E-state index in [2.05, 4.69) is 5.32 Å². The van der Waals surface area contributed by atoms with Crippen molar-refractivity contribution < 1.29 is 31.1 Å². The van der Waals surface area contributed by atoms with E-state index in [1.165, 1.54) is 6.07 Å². The minimum absolute atomic E-state index is 0.0163. The second-order valence-electron chi connectivity index (χ2n) is 6.86. The van der Waals surface area contributed by atoms with Gasteiger partial charge in [0.05, 0.1) is 5.56 Å². The Morgan fingerprint density at radius 1 is 1.11 bits per heavy atom. The second kappa shape index (κ2) is 6.88. The summed E-state index contributed by atoms with van der Waals surface area (Å²) in [6.45, 7) is 2.70. The van der Waals surface area contributed by atoms with E-state index in [0.29, 0.717) is 30.2 Å². The molecule has 0 aromatic heterocycles. The zero-order valence-corrected chi connectivity index (χ0v) is 14.5. The first-order valence-corrected chi connectivity index (χ1v) is 8.55. The van der Waals surface area contributed by atoms with Gasteiger partial charge in [0.2, 0.25) is 0 Å². The van der Waals surface area contributed by atoms with Crippen molar-refractivity contribution in [1.29, 1.82) is 0 Å². The van der Waals surface area contributed by atoms with Crippen LogP contribution in [0.5, 0.6) is 0 Å². The number of carbonyl (C=O) groups is 1. The summed E-state index contributed by atoms with van der Waals surface area (Å²) in [5.41, 5.74) is -0.241. The van der Waals surface area contributed by atoms with Crippen LogP contribution >= 0.6 is 0 Å². The molecule has 0 aliphatic carbocycles. The summed E-state index contributed by atoms with van der Waals surface area (Å²) in [4.78, 5) is 14.0. The molecule has 1 N–H and O–H groups in total. The highest BCUT2D eigenvalue weighted by Crippen LogP contribution is 2.40. The van der Waals surface area contributed by atoms with E-state index in [1.54, 1.807) is 0 Å². The van der Waals surface area contributed by atoms with Gasteiger partial charge in [-0.05, 0) is 36.6 Å². The van der Waals surface area contributed by atoms with Gasteiger partial charge in [0.1, 0.15) is 0 Å². The Labute approximate surface area is 152 Å². The number of fused-ring (bicyclic) bond motifs is 1. The predicted molar refractivity (Wildman–Crippen MR) is 86.3 cm³/mol. The van der Waals surface area contributed by atoms with Crippen LogP contribution in [0.25, 0.3) is 0 Å². The lowest BCUT2D eigenvalue weighted by Gasteiger charge is -2.38. The molecule has 1 fully saturated rings. The molecule has 1 aromatic carbocycles. The molecule has 1 aromatic rings. The molecule has 150 valence electrons. The number of anilines is 1. The van der Waals surface area contributed by atoms with Crippen molar-refractivity contribution in [2.75, 3.05) is 31.1 Å². The smallest absolute Gasteiger partial charge is 0.368 e. The van der Waals surface area contributed by atoms with Crippen LogP contribution in [-0.2, 0) is 23.9 Å². The first-order chi connectivity index (χ1) is 12.5. The minimum Gasteiger partial charge on any atom is -0.368 e. The molecule has 4 nitrogen and oxygen atoms in total. The van der Waals surface area contributed by atoms with Crippen LogP contribution in [0.15, 0.2) is 12.1 Å². The summed E-state index contributed by atoms with van der Waals surface area (Å²) in [7, 11) is 0. The maximum atomic E-state index is 13.4. The molecule has 2 aliphatic rings. The summed E-state index contributed by atoms with van der Waals surface area (Å²) in [6, 6.07) is 2.39. The summed E-state index contributed by atoms with van der Waals surface area (Å²) in [6.07, 6.45) is -9.92.